The number of rotatable bonds is 6. The largest absolute Gasteiger partial charge is 0.491 e. The molecule has 0 bridgehead atoms. The monoisotopic (exact) mass is 437 g/mol. The lowest BCUT2D eigenvalue weighted by atomic mass is 10.0. The smallest absolute Gasteiger partial charge is 0.258 e. The van der Waals surface area contributed by atoms with Crippen LogP contribution in [0.25, 0.3) is 11.1 Å². The van der Waals surface area contributed by atoms with E-state index < -0.39 is 0 Å². The number of aromatic nitrogens is 3. The fourth-order valence-electron chi connectivity index (χ4n) is 3.88. The molecule has 3 aromatic rings. The fraction of sp³-hybridized carbons (Fsp3) is 0.391. The Morgan fingerprint density at radius 3 is 2.68 bits per heavy atom. The van der Waals surface area contributed by atoms with Gasteiger partial charge in [0, 0.05) is 39.6 Å². The van der Waals surface area contributed by atoms with Gasteiger partial charge in [0.05, 0.1) is 11.3 Å². The highest BCUT2D eigenvalue weighted by Gasteiger charge is 2.19. The van der Waals surface area contributed by atoms with E-state index in [9.17, 15) is 4.79 Å². The minimum atomic E-state index is -0.171. The Labute approximate surface area is 186 Å². The molecule has 4 rings (SSSR count). The highest BCUT2D eigenvalue weighted by atomic mass is 32.1. The molecule has 1 aliphatic rings. The highest BCUT2D eigenvalue weighted by Crippen LogP contribution is 2.36. The van der Waals surface area contributed by atoms with E-state index in [-0.39, 0.29) is 5.91 Å². The highest BCUT2D eigenvalue weighted by molar-refractivity contribution is 7.04. The van der Waals surface area contributed by atoms with Crippen LogP contribution in [0, 0.1) is 20.8 Å². The summed E-state index contributed by atoms with van der Waals surface area (Å²) in [5.41, 5.74) is 5.56. The first-order valence-electron chi connectivity index (χ1n) is 10.5. The fourth-order valence-corrected chi connectivity index (χ4v) is 4.57. The first-order chi connectivity index (χ1) is 15.0. The molecule has 0 spiro atoms. The number of carbonyl (C=O) groups is 1. The number of benzene rings is 1. The van der Waals surface area contributed by atoms with Gasteiger partial charge in [0.1, 0.15) is 18.7 Å². The minimum Gasteiger partial charge on any atom is -0.491 e. The molecule has 2 N–H and O–H groups in total. The Morgan fingerprint density at radius 2 is 2.00 bits per heavy atom. The van der Waals surface area contributed by atoms with E-state index in [0.717, 1.165) is 46.9 Å². The first kappa shape index (κ1) is 21.4. The lowest BCUT2D eigenvalue weighted by molar-refractivity contribution is 0.102. The van der Waals surface area contributed by atoms with E-state index >= 15 is 0 Å². The van der Waals surface area contributed by atoms with Crippen LogP contribution in [0.1, 0.15) is 46.7 Å². The summed E-state index contributed by atoms with van der Waals surface area (Å²) in [6.45, 7) is 7.39. The lowest BCUT2D eigenvalue weighted by Crippen LogP contribution is -2.38. The van der Waals surface area contributed by atoms with Gasteiger partial charge in [-0.1, -0.05) is 6.42 Å². The molecule has 162 valence electrons. The number of hydrogen-bond acceptors (Lipinski definition) is 7. The molecule has 0 aliphatic carbocycles. The Bertz CT molecular complexity index is 1060. The van der Waals surface area contributed by atoms with Crippen molar-refractivity contribution in [1.82, 2.24) is 19.7 Å². The summed E-state index contributed by atoms with van der Waals surface area (Å²) in [6.07, 6.45) is 5.12. The van der Waals surface area contributed by atoms with E-state index in [0.29, 0.717) is 23.9 Å². The Hall–Kier alpha value is -2.84. The van der Waals surface area contributed by atoms with E-state index in [1.54, 1.807) is 11.7 Å². The molecule has 0 saturated carbocycles. The van der Waals surface area contributed by atoms with Crippen LogP contribution < -0.4 is 15.4 Å². The van der Waals surface area contributed by atoms with Gasteiger partial charge in [0.2, 0.25) is 0 Å². The zero-order chi connectivity index (χ0) is 21.8. The van der Waals surface area contributed by atoms with Crippen LogP contribution in [0.15, 0.2) is 29.9 Å². The molecule has 8 heteroatoms. The van der Waals surface area contributed by atoms with Crippen molar-refractivity contribution in [3.05, 3.63) is 52.6 Å². The number of aryl methyl sites for hydroxylation is 3. The summed E-state index contributed by atoms with van der Waals surface area (Å²) in [5.74, 6) is 0.592. The van der Waals surface area contributed by atoms with Crippen LogP contribution in [0.2, 0.25) is 0 Å². The third-order valence-electron chi connectivity index (χ3n) is 5.58. The van der Waals surface area contributed by atoms with Crippen LogP contribution in [0.4, 0.5) is 5.69 Å². The summed E-state index contributed by atoms with van der Waals surface area (Å²) >= 11 is 1.28. The Kier molecular flexibility index (Phi) is 6.58. The molecule has 0 unspecified atom stereocenters. The predicted molar refractivity (Wildman–Crippen MR) is 123 cm³/mol. The molecule has 2 aromatic heterocycles. The van der Waals surface area contributed by atoms with Crippen molar-refractivity contribution in [2.24, 2.45) is 0 Å². The maximum atomic E-state index is 12.7. The number of carbonyl (C=O) groups excluding carboxylic acids is 1. The Balaban J connectivity index is 1.64. The molecular weight excluding hydrogens is 410 g/mol. The average Bonchev–Trinajstić information content (AvgIpc) is 3.20. The second kappa shape index (κ2) is 9.53. The normalized spacial score (nSPS) is 16.2. The third-order valence-corrected chi connectivity index (χ3v) is 6.30. The Morgan fingerprint density at radius 1 is 1.19 bits per heavy atom. The maximum absolute atomic E-state index is 12.7. The number of amides is 1. The number of anilines is 1. The molecule has 31 heavy (non-hydrogen) atoms. The number of nitrogens with zero attached hydrogens (tertiary/aromatic N) is 3. The third kappa shape index (κ3) is 4.91. The van der Waals surface area contributed by atoms with E-state index in [1.807, 2.05) is 39.0 Å². The van der Waals surface area contributed by atoms with E-state index in [4.69, 9.17) is 4.74 Å². The first-order valence-corrected chi connectivity index (χ1v) is 11.4. The van der Waals surface area contributed by atoms with Gasteiger partial charge in [0.25, 0.3) is 5.91 Å². The van der Waals surface area contributed by atoms with E-state index in [2.05, 4.69) is 25.0 Å². The molecular formula is C23H27N5O2S. The number of ether oxygens (including phenoxy) is 1. The molecule has 3 heterocycles. The summed E-state index contributed by atoms with van der Waals surface area (Å²) in [6, 6.07) is 6.08. The van der Waals surface area contributed by atoms with Crippen molar-refractivity contribution in [3.8, 4) is 16.9 Å². The predicted octanol–water partition coefficient (Wildman–Crippen LogP) is 4.30. The van der Waals surface area contributed by atoms with Crippen molar-refractivity contribution >= 4 is 23.1 Å². The quantitative estimate of drug-likeness (QED) is 0.598. The second-order valence-electron chi connectivity index (χ2n) is 7.86. The molecule has 0 radical (unpaired) electrons. The van der Waals surface area contributed by atoms with Gasteiger partial charge in [-0.05, 0) is 69.9 Å². The van der Waals surface area contributed by atoms with Crippen molar-refractivity contribution in [1.29, 1.82) is 0 Å². The van der Waals surface area contributed by atoms with Crippen LogP contribution in [-0.4, -0.2) is 39.4 Å². The zero-order valence-electron chi connectivity index (χ0n) is 18.1. The van der Waals surface area contributed by atoms with Crippen LogP contribution in [0.3, 0.4) is 0 Å². The molecule has 1 aromatic carbocycles. The summed E-state index contributed by atoms with van der Waals surface area (Å²) in [5, 5.41) is 8.27. The molecule has 1 atom stereocenters. The second-order valence-corrected chi connectivity index (χ2v) is 8.49. The van der Waals surface area contributed by atoms with Crippen molar-refractivity contribution in [2.75, 3.05) is 18.5 Å². The molecule has 1 aliphatic heterocycles. The number of hydrogen-bond donors (Lipinski definition) is 2. The van der Waals surface area contributed by atoms with Crippen LogP contribution >= 0.6 is 11.5 Å². The summed E-state index contributed by atoms with van der Waals surface area (Å²) < 4.78 is 10.4. The van der Waals surface area contributed by atoms with Crippen molar-refractivity contribution in [2.45, 2.75) is 46.1 Å². The molecule has 1 fully saturated rings. The SMILES string of the molecule is Cc1nscc1C(=O)Nc1ccc(OC[C@H]2CCCCN2)c(-c2c(C)ncnc2C)c1. The summed E-state index contributed by atoms with van der Waals surface area (Å²) in [7, 11) is 0. The van der Waals surface area contributed by atoms with Gasteiger partial charge < -0.3 is 15.4 Å². The van der Waals surface area contributed by atoms with Crippen LogP contribution in [-0.2, 0) is 0 Å². The summed E-state index contributed by atoms with van der Waals surface area (Å²) in [4.78, 5) is 21.4. The number of piperidine rings is 1. The standard InChI is InChI=1S/C23H27N5O2S/c1-14-20(12-31-28-14)23(29)27-17-7-8-21(30-11-18-6-4-5-9-24-18)19(10-17)22-15(2)25-13-26-16(22)3/h7-8,10,12-13,18,24H,4-6,9,11H2,1-3H3,(H,27,29)/t18-/m1/s1. The van der Waals surface area contributed by atoms with Crippen LogP contribution in [0.5, 0.6) is 5.75 Å². The lowest BCUT2D eigenvalue weighted by Gasteiger charge is -2.24. The van der Waals surface area contributed by atoms with E-state index in [1.165, 1.54) is 24.4 Å². The van der Waals surface area contributed by atoms with Gasteiger partial charge in [-0.25, -0.2) is 9.97 Å². The van der Waals surface area contributed by atoms with Gasteiger partial charge in [-0.15, -0.1) is 0 Å². The molecule has 7 nitrogen and oxygen atoms in total. The average molecular weight is 438 g/mol. The topological polar surface area (TPSA) is 89.0 Å². The van der Waals surface area contributed by atoms with Gasteiger partial charge >= 0.3 is 0 Å². The van der Waals surface area contributed by atoms with Gasteiger partial charge in [-0.3, -0.25) is 4.79 Å². The number of nitrogens with one attached hydrogen (secondary N) is 2. The minimum absolute atomic E-state index is 0.171. The van der Waals surface area contributed by atoms with Crippen molar-refractivity contribution < 1.29 is 9.53 Å². The molecule has 1 saturated heterocycles. The maximum Gasteiger partial charge on any atom is 0.258 e. The zero-order valence-corrected chi connectivity index (χ0v) is 18.9. The van der Waals surface area contributed by atoms with Crippen molar-refractivity contribution in [3.63, 3.8) is 0 Å². The van der Waals surface area contributed by atoms with Gasteiger partial charge in [0.15, 0.2) is 0 Å². The van der Waals surface area contributed by atoms with Gasteiger partial charge in [-0.2, -0.15) is 4.37 Å². The molecule has 1 amide bonds.